The van der Waals surface area contributed by atoms with E-state index in [-0.39, 0.29) is 17.1 Å². The molecule has 0 saturated carbocycles. The van der Waals surface area contributed by atoms with Gasteiger partial charge < -0.3 is 9.47 Å². The second-order valence-electron chi connectivity index (χ2n) is 12.1. The Morgan fingerprint density at radius 3 is 1.50 bits per heavy atom. The van der Waals surface area contributed by atoms with Gasteiger partial charge in [-0.1, -0.05) is 78.9 Å². The standard InChI is InChI=1S/C42H22F6N2/c43-33-19-26(20-34(44)40(33)47)49(27-21-35(45)41(48)36(46)22-27)24-14-16-25(17-15-24)50-37-12-6-5-11-32(37)39-30-10-4-3-9-29(30)31-18-13-23-7-1-2-8-28(23)38(31)42(39)50/h1-22H. The normalized spacial score (nSPS) is 11.8. The molecule has 0 amide bonds. The second-order valence-corrected chi connectivity index (χ2v) is 12.1. The summed E-state index contributed by atoms with van der Waals surface area (Å²) in [4.78, 5) is 1.13. The van der Waals surface area contributed by atoms with Crippen LogP contribution in [-0.4, -0.2) is 4.57 Å². The molecule has 0 fully saturated rings. The summed E-state index contributed by atoms with van der Waals surface area (Å²) >= 11 is 0. The zero-order chi connectivity index (χ0) is 34.3. The fourth-order valence-corrected chi connectivity index (χ4v) is 7.25. The van der Waals surface area contributed by atoms with Gasteiger partial charge in [0.1, 0.15) is 0 Å². The average molecular weight is 669 g/mol. The number of hydrogen-bond donors (Lipinski definition) is 0. The number of hydrogen-bond acceptors (Lipinski definition) is 1. The molecule has 0 radical (unpaired) electrons. The van der Waals surface area contributed by atoms with E-state index in [0.29, 0.717) is 24.3 Å². The zero-order valence-electron chi connectivity index (χ0n) is 25.9. The Kier molecular flexibility index (Phi) is 6.64. The molecule has 9 aromatic rings. The first-order valence-electron chi connectivity index (χ1n) is 15.7. The minimum atomic E-state index is -1.70. The van der Waals surface area contributed by atoms with Crippen LogP contribution in [0.25, 0.3) is 59.8 Å². The van der Waals surface area contributed by atoms with Gasteiger partial charge in [-0.15, -0.1) is 0 Å². The van der Waals surface area contributed by atoms with E-state index >= 15 is 0 Å². The van der Waals surface area contributed by atoms with Crippen molar-refractivity contribution in [3.05, 3.63) is 168 Å². The SMILES string of the molecule is Fc1cc(N(c2ccc(-n3c4ccccc4c4c5ccccc5c5ccc6ccccc6c5c43)cc2)c2cc(F)c(F)c(F)c2)cc(F)c1F. The monoisotopic (exact) mass is 668 g/mol. The van der Waals surface area contributed by atoms with Crippen molar-refractivity contribution in [3.8, 4) is 5.69 Å². The number of halogens is 6. The van der Waals surface area contributed by atoms with Gasteiger partial charge in [0, 0.05) is 51.8 Å². The lowest BCUT2D eigenvalue weighted by molar-refractivity contribution is 0.446. The molecule has 0 aliphatic carbocycles. The van der Waals surface area contributed by atoms with E-state index in [0.717, 1.165) is 64.7 Å². The lowest BCUT2D eigenvalue weighted by atomic mass is 9.93. The number of para-hydroxylation sites is 1. The summed E-state index contributed by atoms with van der Waals surface area (Å²) in [7, 11) is 0. The number of nitrogens with zero attached hydrogens (tertiary/aromatic N) is 2. The van der Waals surface area contributed by atoms with Crippen LogP contribution in [0.3, 0.4) is 0 Å². The van der Waals surface area contributed by atoms with Crippen molar-refractivity contribution in [2.75, 3.05) is 4.90 Å². The highest BCUT2D eigenvalue weighted by Gasteiger charge is 2.23. The molecule has 1 aromatic heterocycles. The van der Waals surface area contributed by atoms with Gasteiger partial charge in [-0.3, -0.25) is 0 Å². The number of anilines is 3. The fraction of sp³-hybridized carbons (Fsp3) is 0. The van der Waals surface area contributed by atoms with Crippen molar-refractivity contribution < 1.29 is 26.3 Å². The largest absolute Gasteiger partial charge is 0.310 e. The number of benzene rings is 8. The van der Waals surface area contributed by atoms with Crippen LogP contribution in [0.2, 0.25) is 0 Å². The molecule has 0 unspecified atom stereocenters. The third kappa shape index (κ3) is 4.38. The summed E-state index contributed by atoms with van der Waals surface area (Å²) in [5.74, 6) is -9.39. The first kappa shape index (κ1) is 29.8. The number of rotatable bonds is 4. The molecule has 0 N–H and O–H groups in total. The van der Waals surface area contributed by atoms with Crippen LogP contribution in [0.5, 0.6) is 0 Å². The quantitative estimate of drug-likeness (QED) is 0.103. The van der Waals surface area contributed by atoms with E-state index in [1.807, 2.05) is 42.5 Å². The van der Waals surface area contributed by atoms with Crippen molar-refractivity contribution in [2.45, 2.75) is 0 Å². The van der Waals surface area contributed by atoms with Crippen molar-refractivity contribution in [3.63, 3.8) is 0 Å². The Hall–Kier alpha value is -6.28. The first-order valence-corrected chi connectivity index (χ1v) is 15.7. The Balaban J connectivity index is 1.34. The van der Waals surface area contributed by atoms with E-state index in [1.54, 1.807) is 24.3 Å². The lowest BCUT2D eigenvalue weighted by Crippen LogP contribution is -2.13. The van der Waals surface area contributed by atoms with E-state index in [9.17, 15) is 26.3 Å². The van der Waals surface area contributed by atoms with Crippen molar-refractivity contribution in [1.29, 1.82) is 0 Å². The molecular formula is C42H22F6N2. The minimum absolute atomic E-state index is 0.228. The summed E-state index contributed by atoms with van der Waals surface area (Å²) in [6, 6.07) is 38.5. The van der Waals surface area contributed by atoms with E-state index in [4.69, 9.17) is 0 Å². The topological polar surface area (TPSA) is 8.17 Å². The molecule has 0 aliphatic heterocycles. The van der Waals surface area contributed by atoms with Crippen molar-refractivity contribution >= 4 is 71.2 Å². The molecule has 50 heavy (non-hydrogen) atoms. The van der Waals surface area contributed by atoms with E-state index < -0.39 is 34.9 Å². The van der Waals surface area contributed by atoms with Gasteiger partial charge in [0.15, 0.2) is 34.9 Å². The second kappa shape index (κ2) is 11.1. The summed E-state index contributed by atoms with van der Waals surface area (Å²) < 4.78 is 88.1. The molecule has 0 aliphatic rings. The predicted molar refractivity (Wildman–Crippen MR) is 188 cm³/mol. The lowest BCUT2D eigenvalue weighted by Gasteiger charge is -2.26. The maximum atomic E-state index is 14.5. The minimum Gasteiger partial charge on any atom is -0.310 e. The number of aromatic nitrogens is 1. The third-order valence-electron chi connectivity index (χ3n) is 9.35. The van der Waals surface area contributed by atoms with Gasteiger partial charge in [0.05, 0.1) is 22.4 Å². The maximum absolute atomic E-state index is 14.5. The first-order chi connectivity index (χ1) is 24.3. The zero-order valence-corrected chi connectivity index (χ0v) is 25.9. The fourth-order valence-electron chi connectivity index (χ4n) is 7.25. The Bertz CT molecular complexity index is 2740. The molecule has 0 saturated heterocycles. The molecule has 0 atom stereocenters. The van der Waals surface area contributed by atoms with Gasteiger partial charge in [-0.05, 0) is 57.3 Å². The predicted octanol–water partition coefficient (Wildman–Crippen LogP) is 12.5. The molecule has 2 nitrogen and oxygen atoms in total. The molecule has 9 rings (SSSR count). The van der Waals surface area contributed by atoms with Crippen LogP contribution < -0.4 is 4.90 Å². The van der Waals surface area contributed by atoms with Crippen molar-refractivity contribution in [1.82, 2.24) is 4.57 Å². The summed E-state index contributed by atoms with van der Waals surface area (Å²) in [6.45, 7) is 0. The van der Waals surface area contributed by atoms with Gasteiger partial charge in [-0.2, -0.15) is 0 Å². The third-order valence-corrected chi connectivity index (χ3v) is 9.35. The van der Waals surface area contributed by atoms with E-state index in [2.05, 4.69) is 47.0 Å². The molecule has 242 valence electrons. The Morgan fingerprint density at radius 2 is 0.880 bits per heavy atom. The molecule has 0 spiro atoms. The molecule has 8 aromatic carbocycles. The van der Waals surface area contributed by atoms with Crippen LogP contribution >= 0.6 is 0 Å². The van der Waals surface area contributed by atoms with Gasteiger partial charge >= 0.3 is 0 Å². The summed E-state index contributed by atoms with van der Waals surface area (Å²) in [6.07, 6.45) is 0. The molecule has 8 heteroatoms. The molecule has 0 bridgehead atoms. The molecule has 1 heterocycles. The average Bonchev–Trinajstić information content (AvgIpc) is 3.48. The van der Waals surface area contributed by atoms with Gasteiger partial charge in [-0.25, -0.2) is 26.3 Å². The van der Waals surface area contributed by atoms with Gasteiger partial charge in [0.2, 0.25) is 0 Å². The van der Waals surface area contributed by atoms with Crippen LogP contribution in [0.15, 0.2) is 133 Å². The van der Waals surface area contributed by atoms with Crippen LogP contribution in [0, 0.1) is 34.9 Å². The van der Waals surface area contributed by atoms with Crippen LogP contribution in [0.4, 0.5) is 43.4 Å². The number of fused-ring (bicyclic) bond motifs is 10. The Morgan fingerprint density at radius 1 is 0.400 bits per heavy atom. The highest BCUT2D eigenvalue weighted by molar-refractivity contribution is 6.36. The van der Waals surface area contributed by atoms with Crippen LogP contribution in [-0.2, 0) is 0 Å². The highest BCUT2D eigenvalue weighted by Crippen LogP contribution is 2.45. The summed E-state index contributed by atoms with van der Waals surface area (Å²) in [5, 5.41) is 8.61. The van der Waals surface area contributed by atoms with E-state index in [1.165, 1.54) is 0 Å². The molecular weight excluding hydrogens is 646 g/mol. The highest BCUT2D eigenvalue weighted by atomic mass is 19.2. The van der Waals surface area contributed by atoms with Gasteiger partial charge in [0.25, 0.3) is 0 Å². The van der Waals surface area contributed by atoms with Crippen molar-refractivity contribution in [2.24, 2.45) is 0 Å². The smallest absolute Gasteiger partial charge is 0.194 e. The summed E-state index contributed by atoms with van der Waals surface area (Å²) in [5.41, 5.74) is 2.35. The Labute approximate surface area is 280 Å². The van der Waals surface area contributed by atoms with Crippen LogP contribution in [0.1, 0.15) is 0 Å². The maximum Gasteiger partial charge on any atom is 0.194 e.